The van der Waals surface area contributed by atoms with Crippen LogP contribution in [0.25, 0.3) is 0 Å². The van der Waals surface area contributed by atoms with Crippen LogP contribution in [0.1, 0.15) is 40.5 Å². The van der Waals surface area contributed by atoms with Gasteiger partial charge in [-0.25, -0.2) is 0 Å². The number of ketones is 1. The van der Waals surface area contributed by atoms with Crippen molar-refractivity contribution in [2.45, 2.75) is 40.5 Å². The van der Waals surface area contributed by atoms with E-state index in [0.29, 0.717) is 31.7 Å². The minimum atomic E-state index is 0.170. The molecule has 0 fully saturated rings. The van der Waals surface area contributed by atoms with Crippen LogP contribution in [0.5, 0.6) is 0 Å². The molecule has 0 N–H and O–H groups in total. The van der Waals surface area contributed by atoms with E-state index in [1.807, 2.05) is 0 Å². The Hall–Kier alpha value is -0.410. The van der Waals surface area contributed by atoms with Crippen LogP contribution in [-0.4, -0.2) is 32.2 Å². The van der Waals surface area contributed by atoms with Gasteiger partial charge < -0.3 is 9.47 Å². The monoisotopic (exact) mass is 216 g/mol. The van der Waals surface area contributed by atoms with Gasteiger partial charge in [-0.3, -0.25) is 4.79 Å². The van der Waals surface area contributed by atoms with E-state index < -0.39 is 0 Å². The molecule has 0 saturated heterocycles. The van der Waals surface area contributed by atoms with E-state index >= 15 is 0 Å². The molecular formula is C12H24O3. The van der Waals surface area contributed by atoms with Gasteiger partial charge in [-0.05, 0) is 18.8 Å². The first-order valence-corrected chi connectivity index (χ1v) is 5.57. The summed E-state index contributed by atoms with van der Waals surface area (Å²) in [7, 11) is 0. The van der Waals surface area contributed by atoms with Crippen LogP contribution in [0.4, 0.5) is 0 Å². The number of carbonyl (C=O) groups is 1. The summed E-state index contributed by atoms with van der Waals surface area (Å²) in [6.07, 6.45) is 1.56. The maximum absolute atomic E-state index is 10.6. The van der Waals surface area contributed by atoms with Crippen LogP contribution >= 0.6 is 0 Å². The van der Waals surface area contributed by atoms with E-state index in [1.54, 1.807) is 6.92 Å². The molecule has 0 radical (unpaired) electrons. The predicted molar refractivity (Wildman–Crippen MR) is 61.0 cm³/mol. The van der Waals surface area contributed by atoms with E-state index in [9.17, 15) is 4.79 Å². The summed E-state index contributed by atoms with van der Waals surface area (Å²) in [5.41, 5.74) is 0.329. The third kappa shape index (κ3) is 13.6. The Morgan fingerprint density at radius 2 is 1.53 bits per heavy atom. The van der Waals surface area contributed by atoms with Crippen LogP contribution in [0.2, 0.25) is 0 Å². The molecule has 0 aromatic carbocycles. The maximum Gasteiger partial charge on any atom is 0.132 e. The van der Waals surface area contributed by atoms with Crippen LogP contribution in [0.15, 0.2) is 0 Å². The van der Waals surface area contributed by atoms with Gasteiger partial charge in [0.15, 0.2) is 0 Å². The fraction of sp³-hybridized carbons (Fsp3) is 0.917. The fourth-order valence-electron chi connectivity index (χ4n) is 0.916. The molecule has 0 saturated carbocycles. The Balaban J connectivity index is 3.09. The number of hydrogen-bond donors (Lipinski definition) is 0. The Morgan fingerprint density at radius 1 is 1.00 bits per heavy atom. The summed E-state index contributed by atoms with van der Waals surface area (Å²) in [5, 5.41) is 0. The first-order chi connectivity index (χ1) is 6.92. The first kappa shape index (κ1) is 14.6. The molecule has 3 heteroatoms. The van der Waals surface area contributed by atoms with Crippen LogP contribution in [0, 0.1) is 5.41 Å². The summed E-state index contributed by atoms with van der Waals surface area (Å²) >= 11 is 0. The van der Waals surface area contributed by atoms with Gasteiger partial charge in [0, 0.05) is 13.0 Å². The van der Waals surface area contributed by atoms with Crippen molar-refractivity contribution >= 4 is 5.78 Å². The van der Waals surface area contributed by atoms with Crippen LogP contribution in [-0.2, 0) is 14.3 Å². The van der Waals surface area contributed by atoms with Crippen molar-refractivity contribution in [2.75, 3.05) is 26.4 Å². The second-order valence-electron chi connectivity index (χ2n) is 4.99. The Labute approximate surface area is 93.1 Å². The molecule has 90 valence electrons. The van der Waals surface area contributed by atoms with E-state index in [2.05, 4.69) is 20.8 Å². The SMILES string of the molecule is CC(=O)CCOCCOCCC(C)(C)C. The van der Waals surface area contributed by atoms with E-state index in [4.69, 9.17) is 9.47 Å². The van der Waals surface area contributed by atoms with E-state index in [-0.39, 0.29) is 5.78 Å². The lowest BCUT2D eigenvalue weighted by molar-refractivity contribution is -0.118. The number of hydrogen-bond acceptors (Lipinski definition) is 3. The Kier molecular flexibility index (Phi) is 7.61. The molecule has 0 aliphatic rings. The van der Waals surface area contributed by atoms with Gasteiger partial charge >= 0.3 is 0 Å². The van der Waals surface area contributed by atoms with Crippen molar-refractivity contribution in [1.29, 1.82) is 0 Å². The summed E-state index contributed by atoms with van der Waals surface area (Å²) in [6.45, 7) is 10.6. The highest BCUT2D eigenvalue weighted by Crippen LogP contribution is 2.17. The summed E-state index contributed by atoms with van der Waals surface area (Å²) in [6, 6.07) is 0. The molecule has 0 unspecified atom stereocenters. The lowest BCUT2D eigenvalue weighted by Crippen LogP contribution is -2.12. The van der Waals surface area contributed by atoms with E-state index in [0.717, 1.165) is 13.0 Å². The van der Waals surface area contributed by atoms with Crippen molar-refractivity contribution in [3.63, 3.8) is 0 Å². The molecule has 0 spiro atoms. The summed E-state index contributed by atoms with van der Waals surface area (Å²) < 4.78 is 10.6. The van der Waals surface area contributed by atoms with Crippen LogP contribution < -0.4 is 0 Å². The molecule has 3 nitrogen and oxygen atoms in total. The van der Waals surface area contributed by atoms with E-state index in [1.165, 1.54) is 0 Å². The zero-order chi connectivity index (χ0) is 11.7. The Bertz CT molecular complexity index is 170. The van der Waals surface area contributed by atoms with Gasteiger partial charge in [0.05, 0.1) is 19.8 Å². The first-order valence-electron chi connectivity index (χ1n) is 5.57. The zero-order valence-electron chi connectivity index (χ0n) is 10.5. The summed E-state index contributed by atoms with van der Waals surface area (Å²) in [4.78, 5) is 10.6. The normalized spacial score (nSPS) is 11.7. The molecule has 0 aliphatic heterocycles. The second kappa shape index (κ2) is 7.83. The zero-order valence-corrected chi connectivity index (χ0v) is 10.5. The number of Topliss-reactive ketones (excluding diaryl/α,β-unsaturated/α-hetero) is 1. The predicted octanol–water partition coefficient (Wildman–Crippen LogP) is 2.43. The fourth-order valence-corrected chi connectivity index (χ4v) is 0.916. The number of rotatable bonds is 8. The van der Waals surface area contributed by atoms with Crippen molar-refractivity contribution in [3.05, 3.63) is 0 Å². The highest BCUT2D eigenvalue weighted by molar-refractivity contribution is 5.75. The minimum absolute atomic E-state index is 0.170. The quantitative estimate of drug-likeness (QED) is 0.585. The van der Waals surface area contributed by atoms with Crippen molar-refractivity contribution in [3.8, 4) is 0 Å². The van der Waals surface area contributed by atoms with Crippen molar-refractivity contribution in [2.24, 2.45) is 5.41 Å². The largest absolute Gasteiger partial charge is 0.379 e. The van der Waals surface area contributed by atoms with Crippen molar-refractivity contribution < 1.29 is 14.3 Å². The number of ether oxygens (including phenoxy) is 2. The van der Waals surface area contributed by atoms with Gasteiger partial charge in [0.1, 0.15) is 5.78 Å². The average Bonchev–Trinajstić information content (AvgIpc) is 2.07. The molecule has 0 atom stereocenters. The smallest absolute Gasteiger partial charge is 0.132 e. The molecule has 0 amide bonds. The minimum Gasteiger partial charge on any atom is -0.379 e. The Morgan fingerprint density at radius 3 is 2.00 bits per heavy atom. The number of carbonyl (C=O) groups excluding carboxylic acids is 1. The standard InChI is InChI=1S/C12H24O3/c1-11(13)5-7-14-9-10-15-8-6-12(2,3)4/h5-10H2,1-4H3. The average molecular weight is 216 g/mol. The van der Waals surface area contributed by atoms with Gasteiger partial charge in [0.25, 0.3) is 0 Å². The molecule has 0 heterocycles. The third-order valence-electron chi connectivity index (χ3n) is 1.97. The lowest BCUT2D eigenvalue weighted by atomic mass is 9.93. The van der Waals surface area contributed by atoms with Crippen molar-refractivity contribution in [1.82, 2.24) is 0 Å². The van der Waals surface area contributed by atoms with Crippen LogP contribution in [0.3, 0.4) is 0 Å². The third-order valence-corrected chi connectivity index (χ3v) is 1.97. The molecule has 0 aromatic rings. The lowest BCUT2D eigenvalue weighted by Gasteiger charge is -2.17. The molecule has 0 aromatic heterocycles. The molecular weight excluding hydrogens is 192 g/mol. The highest BCUT2D eigenvalue weighted by Gasteiger charge is 2.08. The molecule has 15 heavy (non-hydrogen) atoms. The molecule has 0 rings (SSSR count). The topological polar surface area (TPSA) is 35.5 Å². The van der Waals surface area contributed by atoms with Gasteiger partial charge in [0.2, 0.25) is 0 Å². The van der Waals surface area contributed by atoms with Gasteiger partial charge in [-0.2, -0.15) is 0 Å². The maximum atomic E-state index is 10.6. The summed E-state index contributed by atoms with van der Waals surface area (Å²) in [5.74, 6) is 0.170. The molecule has 0 aliphatic carbocycles. The second-order valence-corrected chi connectivity index (χ2v) is 4.99. The van der Waals surface area contributed by atoms with Gasteiger partial charge in [-0.15, -0.1) is 0 Å². The van der Waals surface area contributed by atoms with Gasteiger partial charge in [-0.1, -0.05) is 20.8 Å². The highest BCUT2D eigenvalue weighted by atomic mass is 16.5. The molecule has 0 bridgehead atoms.